The molecule has 16 heavy (non-hydrogen) atoms. The van der Waals surface area contributed by atoms with Crippen LogP contribution in [0.3, 0.4) is 0 Å². The molecule has 6 nitrogen and oxygen atoms in total. The summed E-state index contributed by atoms with van der Waals surface area (Å²) in [6.07, 6.45) is 3.36. The summed E-state index contributed by atoms with van der Waals surface area (Å²) in [6.45, 7) is 3.25. The van der Waals surface area contributed by atoms with Gasteiger partial charge in [0, 0.05) is 20.1 Å². The van der Waals surface area contributed by atoms with Crippen LogP contribution in [0.1, 0.15) is 0 Å². The van der Waals surface area contributed by atoms with E-state index in [1.54, 1.807) is 12.5 Å². The quantitative estimate of drug-likeness (QED) is 0.685. The minimum absolute atomic E-state index is 0.753. The monoisotopic (exact) mass is 219 g/mol. The number of morpholine rings is 1. The van der Waals surface area contributed by atoms with Gasteiger partial charge in [-0.25, -0.2) is 9.97 Å². The van der Waals surface area contributed by atoms with Gasteiger partial charge in [0.1, 0.15) is 17.4 Å². The third-order valence-corrected chi connectivity index (χ3v) is 2.82. The molecule has 0 bridgehead atoms. The standard InChI is InChI=1S/C10H13N5O/c1-14-9-8(6-13-14)11-7-12-10(9)15-2-4-16-5-3-15/h6-7H,2-5H2,1H3. The number of aryl methyl sites for hydroxylation is 1. The minimum atomic E-state index is 0.753. The molecule has 0 saturated carbocycles. The van der Waals surface area contributed by atoms with Gasteiger partial charge in [-0.1, -0.05) is 0 Å². The maximum atomic E-state index is 5.34. The van der Waals surface area contributed by atoms with Gasteiger partial charge >= 0.3 is 0 Å². The maximum absolute atomic E-state index is 5.34. The molecule has 84 valence electrons. The smallest absolute Gasteiger partial charge is 0.158 e. The number of nitrogens with zero attached hydrogens (tertiary/aromatic N) is 5. The van der Waals surface area contributed by atoms with E-state index in [4.69, 9.17) is 4.74 Å². The Morgan fingerprint density at radius 1 is 1.25 bits per heavy atom. The second-order valence-electron chi connectivity index (χ2n) is 3.80. The molecule has 1 saturated heterocycles. The van der Waals surface area contributed by atoms with Gasteiger partial charge < -0.3 is 9.64 Å². The van der Waals surface area contributed by atoms with Crippen molar-refractivity contribution in [2.75, 3.05) is 31.2 Å². The average Bonchev–Trinajstić information content (AvgIpc) is 2.73. The van der Waals surface area contributed by atoms with Crippen LogP contribution in [0.4, 0.5) is 5.82 Å². The fourth-order valence-electron chi connectivity index (χ4n) is 1.99. The molecule has 1 aliphatic rings. The SMILES string of the molecule is Cn1ncc2ncnc(N3CCOCC3)c21. The van der Waals surface area contributed by atoms with Gasteiger partial charge in [0.15, 0.2) is 5.82 Å². The van der Waals surface area contributed by atoms with Crippen molar-refractivity contribution in [2.24, 2.45) is 7.05 Å². The minimum Gasteiger partial charge on any atom is -0.378 e. The van der Waals surface area contributed by atoms with Crippen molar-refractivity contribution in [3.8, 4) is 0 Å². The van der Waals surface area contributed by atoms with E-state index in [9.17, 15) is 0 Å². The highest BCUT2D eigenvalue weighted by molar-refractivity contribution is 5.85. The third-order valence-electron chi connectivity index (χ3n) is 2.82. The predicted molar refractivity (Wildman–Crippen MR) is 59.3 cm³/mol. The molecule has 2 aromatic heterocycles. The molecule has 0 unspecified atom stereocenters. The van der Waals surface area contributed by atoms with Crippen LogP contribution in [0.15, 0.2) is 12.5 Å². The van der Waals surface area contributed by atoms with E-state index >= 15 is 0 Å². The van der Waals surface area contributed by atoms with Crippen LogP contribution in [0.2, 0.25) is 0 Å². The van der Waals surface area contributed by atoms with Gasteiger partial charge in [0.2, 0.25) is 0 Å². The first-order valence-electron chi connectivity index (χ1n) is 5.31. The Labute approximate surface area is 92.9 Å². The lowest BCUT2D eigenvalue weighted by Gasteiger charge is -2.28. The lowest BCUT2D eigenvalue weighted by atomic mass is 10.3. The second-order valence-corrected chi connectivity index (χ2v) is 3.80. The van der Waals surface area contributed by atoms with E-state index in [1.807, 2.05) is 11.7 Å². The molecular weight excluding hydrogens is 206 g/mol. The number of aromatic nitrogens is 4. The van der Waals surface area contributed by atoms with Crippen molar-refractivity contribution in [2.45, 2.75) is 0 Å². The molecule has 0 atom stereocenters. The maximum Gasteiger partial charge on any atom is 0.158 e. The highest BCUT2D eigenvalue weighted by Crippen LogP contribution is 2.22. The Balaban J connectivity index is 2.10. The molecule has 0 aliphatic carbocycles. The van der Waals surface area contributed by atoms with Crippen molar-refractivity contribution in [3.05, 3.63) is 12.5 Å². The highest BCUT2D eigenvalue weighted by Gasteiger charge is 2.17. The lowest BCUT2D eigenvalue weighted by Crippen LogP contribution is -2.37. The molecule has 0 N–H and O–H groups in total. The molecule has 3 heterocycles. The molecule has 3 rings (SSSR count). The number of anilines is 1. The van der Waals surface area contributed by atoms with Crippen LogP contribution >= 0.6 is 0 Å². The van der Waals surface area contributed by atoms with Gasteiger partial charge in [-0.3, -0.25) is 4.68 Å². The van der Waals surface area contributed by atoms with Crippen molar-refractivity contribution in [3.63, 3.8) is 0 Å². The molecule has 1 fully saturated rings. The van der Waals surface area contributed by atoms with Crippen LogP contribution < -0.4 is 4.90 Å². The van der Waals surface area contributed by atoms with Crippen molar-refractivity contribution >= 4 is 16.9 Å². The zero-order chi connectivity index (χ0) is 11.0. The first kappa shape index (κ1) is 9.53. The lowest BCUT2D eigenvalue weighted by molar-refractivity contribution is 0.122. The van der Waals surface area contributed by atoms with Crippen LogP contribution in [-0.2, 0) is 11.8 Å². The van der Waals surface area contributed by atoms with Crippen LogP contribution in [0.25, 0.3) is 11.0 Å². The van der Waals surface area contributed by atoms with E-state index in [0.29, 0.717) is 0 Å². The van der Waals surface area contributed by atoms with E-state index in [1.165, 1.54) is 0 Å². The summed E-state index contributed by atoms with van der Waals surface area (Å²) < 4.78 is 7.16. The van der Waals surface area contributed by atoms with Crippen LogP contribution in [-0.4, -0.2) is 46.1 Å². The summed E-state index contributed by atoms with van der Waals surface area (Å²) in [5.41, 5.74) is 1.88. The van der Waals surface area contributed by atoms with E-state index < -0.39 is 0 Å². The first-order valence-corrected chi connectivity index (χ1v) is 5.31. The van der Waals surface area contributed by atoms with Crippen LogP contribution in [0.5, 0.6) is 0 Å². The van der Waals surface area contributed by atoms with E-state index in [-0.39, 0.29) is 0 Å². The van der Waals surface area contributed by atoms with Crippen molar-refractivity contribution < 1.29 is 4.74 Å². The normalized spacial score (nSPS) is 16.9. The first-order chi connectivity index (χ1) is 7.86. The predicted octanol–water partition coefficient (Wildman–Crippen LogP) is 0.200. The fourth-order valence-corrected chi connectivity index (χ4v) is 1.99. The number of rotatable bonds is 1. The Kier molecular flexibility index (Phi) is 2.21. The van der Waals surface area contributed by atoms with Gasteiger partial charge in [-0.2, -0.15) is 5.10 Å². The summed E-state index contributed by atoms with van der Waals surface area (Å²) in [6, 6.07) is 0. The Morgan fingerprint density at radius 2 is 2.06 bits per heavy atom. The highest BCUT2D eigenvalue weighted by atomic mass is 16.5. The average molecular weight is 219 g/mol. The Hall–Kier alpha value is -1.69. The van der Waals surface area contributed by atoms with Gasteiger partial charge in [0.25, 0.3) is 0 Å². The molecule has 2 aromatic rings. The third kappa shape index (κ3) is 1.42. The zero-order valence-electron chi connectivity index (χ0n) is 9.13. The molecular formula is C10H13N5O. The summed E-state index contributed by atoms with van der Waals surface area (Å²) in [4.78, 5) is 10.8. The van der Waals surface area contributed by atoms with Gasteiger partial charge in [-0.05, 0) is 0 Å². The molecule has 1 aliphatic heterocycles. The number of hydrogen-bond donors (Lipinski definition) is 0. The van der Waals surface area contributed by atoms with E-state index in [0.717, 1.165) is 43.2 Å². The zero-order valence-corrected chi connectivity index (χ0v) is 9.13. The van der Waals surface area contributed by atoms with Crippen LogP contribution in [0, 0.1) is 0 Å². The summed E-state index contributed by atoms with van der Waals surface area (Å²) >= 11 is 0. The topological polar surface area (TPSA) is 56.1 Å². The van der Waals surface area contributed by atoms with Crippen molar-refractivity contribution in [1.29, 1.82) is 0 Å². The van der Waals surface area contributed by atoms with Crippen molar-refractivity contribution in [1.82, 2.24) is 19.7 Å². The van der Waals surface area contributed by atoms with Gasteiger partial charge in [-0.15, -0.1) is 0 Å². The molecule has 0 spiro atoms. The summed E-state index contributed by atoms with van der Waals surface area (Å²) in [5, 5.41) is 4.21. The largest absolute Gasteiger partial charge is 0.378 e. The van der Waals surface area contributed by atoms with Gasteiger partial charge in [0.05, 0.1) is 19.4 Å². The summed E-state index contributed by atoms with van der Waals surface area (Å²) in [5.74, 6) is 0.952. The Morgan fingerprint density at radius 3 is 2.88 bits per heavy atom. The summed E-state index contributed by atoms with van der Waals surface area (Å²) in [7, 11) is 1.91. The molecule has 0 amide bonds. The number of fused-ring (bicyclic) bond motifs is 1. The fraction of sp³-hybridized carbons (Fsp3) is 0.500. The molecule has 0 aromatic carbocycles. The second kappa shape index (κ2) is 3.71. The molecule has 6 heteroatoms. The molecule has 0 radical (unpaired) electrons. The number of hydrogen-bond acceptors (Lipinski definition) is 5. The Bertz CT molecular complexity index is 503. The van der Waals surface area contributed by atoms with E-state index in [2.05, 4.69) is 20.0 Å². The number of ether oxygens (including phenoxy) is 1.